The summed E-state index contributed by atoms with van der Waals surface area (Å²) in [4.78, 5) is 2.63. The van der Waals surface area contributed by atoms with Crippen molar-refractivity contribution < 1.29 is 4.74 Å². The Morgan fingerprint density at radius 1 is 1.33 bits per heavy atom. The molecule has 2 nitrogen and oxygen atoms in total. The van der Waals surface area contributed by atoms with Crippen LogP contribution in [0.15, 0.2) is 0 Å². The zero-order valence-corrected chi connectivity index (χ0v) is 7.70. The zero-order chi connectivity index (χ0) is 8.13. The Morgan fingerprint density at radius 2 is 2.17 bits per heavy atom. The summed E-state index contributed by atoms with van der Waals surface area (Å²) in [7, 11) is 0. The summed E-state index contributed by atoms with van der Waals surface area (Å²) >= 11 is 0. The topological polar surface area (TPSA) is 15.8 Å². The van der Waals surface area contributed by atoms with Crippen LogP contribution in [0.3, 0.4) is 0 Å². The minimum absolute atomic E-state index is 0.611. The second-order valence-electron chi connectivity index (χ2n) is 4.69. The van der Waals surface area contributed by atoms with E-state index in [9.17, 15) is 0 Å². The number of fused-ring (bicyclic) bond motifs is 1. The number of hydrogen-bond donors (Lipinski definition) is 0. The molecule has 1 saturated carbocycles. The summed E-state index contributed by atoms with van der Waals surface area (Å²) < 4.78 is 5.54. The van der Waals surface area contributed by atoms with Crippen LogP contribution in [0.1, 0.15) is 26.2 Å². The second kappa shape index (κ2) is 2.46. The van der Waals surface area contributed by atoms with Gasteiger partial charge in [0.2, 0.25) is 0 Å². The molecule has 0 aromatic rings. The van der Waals surface area contributed by atoms with Gasteiger partial charge in [0.05, 0.1) is 12.2 Å². The van der Waals surface area contributed by atoms with Gasteiger partial charge in [0.1, 0.15) is 0 Å². The van der Waals surface area contributed by atoms with E-state index in [1.165, 1.54) is 32.4 Å². The molecule has 68 valence electrons. The Balaban J connectivity index is 1.59. The lowest BCUT2D eigenvalue weighted by molar-refractivity contribution is 0.171. The highest BCUT2D eigenvalue weighted by atomic mass is 16.6. The second-order valence-corrected chi connectivity index (χ2v) is 4.69. The Labute approximate surface area is 73.9 Å². The van der Waals surface area contributed by atoms with Gasteiger partial charge in [-0.05, 0) is 32.1 Å². The fourth-order valence-electron chi connectivity index (χ4n) is 2.33. The lowest BCUT2D eigenvalue weighted by Crippen LogP contribution is -2.42. The molecule has 1 aliphatic carbocycles. The predicted octanol–water partition coefficient (Wildman–Crippen LogP) is 1.26. The minimum atomic E-state index is 0.611. The first kappa shape index (κ1) is 7.34. The van der Waals surface area contributed by atoms with Crippen molar-refractivity contribution >= 4 is 0 Å². The van der Waals surface area contributed by atoms with Crippen LogP contribution >= 0.6 is 0 Å². The molecule has 0 amide bonds. The monoisotopic (exact) mass is 167 g/mol. The fourth-order valence-corrected chi connectivity index (χ4v) is 2.33. The number of piperidine rings is 1. The van der Waals surface area contributed by atoms with E-state index in [0.717, 1.165) is 12.0 Å². The molecule has 3 atom stereocenters. The first-order valence-electron chi connectivity index (χ1n) is 5.22. The van der Waals surface area contributed by atoms with E-state index in [1.54, 1.807) is 0 Å². The van der Waals surface area contributed by atoms with E-state index < -0.39 is 0 Å². The molecule has 2 aliphatic heterocycles. The van der Waals surface area contributed by atoms with Gasteiger partial charge in [0.15, 0.2) is 0 Å². The molecule has 0 spiro atoms. The molecule has 0 bridgehead atoms. The molecule has 3 aliphatic rings. The van der Waals surface area contributed by atoms with Crippen molar-refractivity contribution in [3.63, 3.8) is 0 Å². The van der Waals surface area contributed by atoms with E-state index in [4.69, 9.17) is 4.74 Å². The van der Waals surface area contributed by atoms with E-state index in [1.807, 2.05) is 0 Å². The SMILES string of the molecule is CC1CC2OC2CN1CC1CC1. The van der Waals surface area contributed by atoms with Crippen molar-refractivity contribution in [2.45, 2.75) is 44.4 Å². The fraction of sp³-hybridized carbons (Fsp3) is 1.00. The number of likely N-dealkylation sites (tertiary alicyclic amines) is 1. The van der Waals surface area contributed by atoms with Crippen LogP contribution in [0.5, 0.6) is 0 Å². The lowest BCUT2D eigenvalue weighted by atomic mass is 10.0. The molecule has 3 fully saturated rings. The highest BCUT2D eigenvalue weighted by Gasteiger charge is 2.46. The van der Waals surface area contributed by atoms with Gasteiger partial charge in [-0.2, -0.15) is 0 Å². The maximum absolute atomic E-state index is 5.54. The number of rotatable bonds is 2. The van der Waals surface area contributed by atoms with Gasteiger partial charge in [-0.1, -0.05) is 0 Å². The largest absolute Gasteiger partial charge is 0.368 e. The van der Waals surface area contributed by atoms with Crippen molar-refractivity contribution in [3.05, 3.63) is 0 Å². The molecular formula is C10H17NO. The average molecular weight is 167 g/mol. The molecule has 0 radical (unpaired) electrons. The molecule has 0 N–H and O–H groups in total. The van der Waals surface area contributed by atoms with E-state index in [2.05, 4.69) is 11.8 Å². The lowest BCUT2D eigenvalue weighted by Gasteiger charge is -2.30. The highest BCUT2D eigenvalue weighted by molar-refractivity contribution is 4.97. The van der Waals surface area contributed by atoms with Gasteiger partial charge in [-0.25, -0.2) is 0 Å². The third-order valence-electron chi connectivity index (χ3n) is 3.49. The molecule has 3 rings (SSSR count). The van der Waals surface area contributed by atoms with Crippen molar-refractivity contribution in [1.29, 1.82) is 0 Å². The molecule has 3 unspecified atom stereocenters. The normalized spacial score (nSPS) is 47.2. The highest BCUT2D eigenvalue weighted by Crippen LogP contribution is 2.37. The Bertz CT molecular complexity index is 188. The first-order chi connectivity index (χ1) is 5.83. The van der Waals surface area contributed by atoms with E-state index in [-0.39, 0.29) is 0 Å². The van der Waals surface area contributed by atoms with Crippen molar-refractivity contribution in [2.75, 3.05) is 13.1 Å². The number of epoxide rings is 1. The maximum Gasteiger partial charge on any atom is 0.0969 e. The molecule has 2 heterocycles. The quantitative estimate of drug-likeness (QED) is 0.575. The summed E-state index contributed by atoms with van der Waals surface area (Å²) in [6, 6.07) is 0.773. The van der Waals surface area contributed by atoms with Crippen molar-refractivity contribution in [3.8, 4) is 0 Å². The first-order valence-corrected chi connectivity index (χ1v) is 5.22. The van der Waals surface area contributed by atoms with Crippen LogP contribution in [0.4, 0.5) is 0 Å². The van der Waals surface area contributed by atoms with Crippen molar-refractivity contribution in [2.24, 2.45) is 5.92 Å². The van der Waals surface area contributed by atoms with E-state index in [0.29, 0.717) is 12.2 Å². The van der Waals surface area contributed by atoms with Crippen LogP contribution in [0.2, 0.25) is 0 Å². The van der Waals surface area contributed by atoms with Gasteiger partial charge >= 0.3 is 0 Å². The van der Waals surface area contributed by atoms with Crippen LogP contribution in [0, 0.1) is 5.92 Å². The zero-order valence-electron chi connectivity index (χ0n) is 7.70. The Hall–Kier alpha value is -0.0800. The molecule has 0 aromatic heterocycles. The Kier molecular flexibility index (Phi) is 1.50. The van der Waals surface area contributed by atoms with Gasteiger partial charge in [0.25, 0.3) is 0 Å². The summed E-state index contributed by atoms with van der Waals surface area (Å²) in [6.07, 6.45) is 5.46. The van der Waals surface area contributed by atoms with Crippen LogP contribution < -0.4 is 0 Å². The minimum Gasteiger partial charge on any atom is -0.368 e. The summed E-state index contributed by atoms with van der Waals surface area (Å²) in [5.41, 5.74) is 0. The Morgan fingerprint density at radius 3 is 2.92 bits per heavy atom. The molecule has 0 aromatic carbocycles. The molecule has 2 heteroatoms. The summed E-state index contributed by atoms with van der Waals surface area (Å²) in [5.74, 6) is 1.03. The number of ether oxygens (including phenoxy) is 1. The van der Waals surface area contributed by atoms with Gasteiger partial charge in [0, 0.05) is 19.1 Å². The summed E-state index contributed by atoms with van der Waals surface area (Å²) in [5, 5.41) is 0. The van der Waals surface area contributed by atoms with Crippen LogP contribution in [-0.2, 0) is 4.74 Å². The van der Waals surface area contributed by atoms with Crippen molar-refractivity contribution in [1.82, 2.24) is 4.90 Å². The molecule has 2 saturated heterocycles. The van der Waals surface area contributed by atoms with Gasteiger partial charge in [-0.3, -0.25) is 4.90 Å². The predicted molar refractivity (Wildman–Crippen MR) is 47.0 cm³/mol. The van der Waals surface area contributed by atoms with Crippen LogP contribution in [-0.4, -0.2) is 36.2 Å². The maximum atomic E-state index is 5.54. The van der Waals surface area contributed by atoms with Gasteiger partial charge < -0.3 is 4.74 Å². The number of nitrogens with zero attached hydrogens (tertiary/aromatic N) is 1. The van der Waals surface area contributed by atoms with E-state index >= 15 is 0 Å². The third-order valence-corrected chi connectivity index (χ3v) is 3.49. The summed E-state index contributed by atoms with van der Waals surface area (Å²) in [6.45, 7) is 4.90. The standard InChI is InChI=1S/C10H17NO/c1-7-4-9-10(12-9)6-11(7)5-8-2-3-8/h7-10H,2-6H2,1H3. The van der Waals surface area contributed by atoms with Crippen LogP contribution in [0.25, 0.3) is 0 Å². The molecular weight excluding hydrogens is 150 g/mol. The number of hydrogen-bond acceptors (Lipinski definition) is 2. The average Bonchev–Trinajstić information content (AvgIpc) is 2.85. The third kappa shape index (κ3) is 1.27. The molecule has 12 heavy (non-hydrogen) atoms. The van der Waals surface area contributed by atoms with Gasteiger partial charge in [-0.15, -0.1) is 0 Å². The smallest absolute Gasteiger partial charge is 0.0969 e.